The first-order chi connectivity index (χ1) is 7.65. The Morgan fingerprint density at radius 3 is 2.81 bits per heavy atom. The number of anilines is 1. The first-order valence-electron chi connectivity index (χ1n) is 4.16. The van der Waals surface area contributed by atoms with E-state index in [0.717, 1.165) is 11.8 Å². The lowest BCUT2D eigenvalue weighted by molar-refractivity contribution is 0.936. The molecule has 0 aliphatic carbocycles. The maximum Gasteiger partial charge on any atom is 0.253 e. The fourth-order valence-electron chi connectivity index (χ4n) is 0.970. The van der Waals surface area contributed by atoms with Crippen LogP contribution < -0.4 is 11.3 Å². The lowest BCUT2D eigenvalue weighted by Crippen LogP contribution is -2.09. The zero-order valence-corrected chi connectivity index (χ0v) is 9.42. The van der Waals surface area contributed by atoms with E-state index in [1.807, 2.05) is 0 Å². The van der Waals surface area contributed by atoms with Crippen LogP contribution in [0.1, 0.15) is 0 Å². The van der Waals surface area contributed by atoms with Gasteiger partial charge in [-0.3, -0.25) is 4.79 Å². The van der Waals surface area contributed by atoms with Crippen LogP contribution >= 0.6 is 23.4 Å². The molecule has 0 aliphatic rings. The summed E-state index contributed by atoms with van der Waals surface area (Å²) in [5.74, 6) is 0.145. The van der Waals surface area contributed by atoms with Crippen molar-refractivity contribution in [2.45, 2.75) is 10.2 Å². The number of H-pyrrole nitrogens is 1. The highest BCUT2D eigenvalue weighted by atomic mass is 35.5. The molecular weight excluding hydrogens is 250 g/mol. The molecule has 0 amide bonds. The number of halogens is 1. The summed E-state index contributed by atoms with van der Waals surface area (Å²) in [7, 11) is 0. The second-order valence-electron chi connectivity index (χ2n) is 2.73. The van der Waals surface area contributed by atoms with Crippen LogP contribution in [0.2, 0.25) is 5.15 Å². The van der Waals surface area contributed by atoms with Gasteiger partial charge in [-0.1, -0.05) is 11.6 Å². The van der Waals surface area contributed by atoms with Crippen molar-refractivity contribution >= 4 is 29.2 Å². The number of nitrogens with zero attached hydrogens (tertiary/aromatic N) is 3. The lowest BCUT2D eigenvalue weighted by Gasteiger charge is -2.01. The molecule has 2 rings (SSSR count). The van der Waals surface area contributed by atoms with E-state index in [4.69, 9.17) is 17.3 Å². The molecule has 16 heavy (non-hydrogen) atoms. The van der Waals surface area contributed by atoms with E-state index in [-0.39, 0.29) is 16.5 Å². The molecule has 0 atom stereocenters. The smallest absolute Gasteiger partial charge is 0.253 e. The van der Waals surface area contributed by atoms with E-state index in [2.05, 4.69) is 19.9 Å². The van der Waals surface area contributed by atoms with Crippen LogP contribution in [0.3, 0.4) is 0 Å². The zero-order valence-electron chi connectivity index (χ0n) is 7.85. The first-order valence-corrected chi connectivity index (χ1v) is 5.36. The topological polar surface area (TPSA) is 97.6 Å². The minimum Gasteiger partial charge on any atom is -0.383 e. The summed E-state index contributed by atoms with van der Waals surface area (Å²) in [6, 6.07) is 1.20. The van der Waals surface area contributed by atoms with Gasteiger partial charge in [-0.15, -0.1) is 0 Å². The monoisotopic (exact) mass is 255 g/mol. The minimum absolute atomic E-state index is 0.145. The molecule has 0 radical (unpaired) electrons. The molecule has 0 fully saturated rings. The largest absolute Gasteiger partial charge is 0.383 e. The van der Waals surface area contributed by atoms with Crippen LogP contribution in [0.25, 0.3) is 0 Å². The maximum atomic E-state index is 11.1. The maximum absolute atomic E-state index is 11.1. The number of hydrogen-bond donors (Lipinski definition) is 2. The van der Waals surface area contributed by atoms with Gasteiger partial charge in [0.1, 0.15) is 10.8 Å². The predicted molar refractivity (Wildman–Crippen MR) is 60.4 cm³/mol. The number of hydrogen-bond acceptors (Lipinski definition) is 6. The molecule has 2 heterocycles. The van der Waals surface area contributed by atoms with Gasteiger partial charge in [0, 0.05) is 18.5 Å². The summed E-state index contributed by atoms with van der Waals surface area (Å²) in [4.78, 5) is 25.4. The average molecular weight is 256 g/mol. The molecule has 0 saturated heterocycles. The van der Waals surface area contributed by atoms with Gasteiger partial charge < -0.3 is 10.7 Å². The summed E-state index contributed by atoms with van der Waals surface area (Å²) >= 11 is 6.90. The first kappa shape index (κ1) is 10.9. The third kappa shape index (κ3) is 2.50. The van der Waals surface area contributed by atoms with Crippen molar-refractivity contribution in [2.75, 3.05) is 5.73 Å². The van der Waals surface area contributed by atoms with E-state index in [1.165, 1.54) is 18.5 Å². The second-order valence-corrected chi connectivity index (χ2v) is 4.07. The Labute approximate surface area is 99.3 Å². The Morgan fingerprint density at radius 1 is 1.38 bits per heavy atom. The molecule has 3 N–H and O–H groups in total. The fourth-order valence-corrected chi connectivity index (χ4v) is 1.93. The van der Waals surface area contributed by atoms with Gasteiger partial charge in [0.25, 0.3) is 5.56 Å². The van der Waals surface area contributed by atoms with E-state index >= 15 is 0 Å². The van der Waals surface area contributed by atoms with Crippen molar-refractivity contribution in [3.8, 4) is 0 Å². The molecule has 0 saturated carbocycles. The summed E-state index contributed by atoms with van der Waals surface area (Å²) in [5.41, 5.74) is 5.11. The van der Waals surface area contributed by atoms with Gasteiger partial charge in [-0.05, 0) is 11.8 Å². The Morgan fingerprint density at radius 2 is 2.12 bits per heavy atom. The van der Waals surface area contributed by atoms with Gasteiger partial charge in [-0.2, -0.15) is 0 Å². The van der Waals surface area contributed by atoms with Crippen molar-refractivity contribution in [3.63, 3.8) is 0 Å². The number of nitrogens with two attached hydrogens (primary N) is 1. The van der Waals surface area contributed by atoms with E-state index in [0.29, 0.717) is 10.2 Å². The van der Waals surface area contributed by atoms with Gasteiger partial charge >= 0.3 is 0 Å². The molecule has 82 valence electrons. The average Bonchev–Trinajstić information content (AvgIpc) is 2.20. The summed E-state index contributed by atoms with van der Waals surface area (Å²) in [6.07, 6.45) is 2.97. The van der Waals surface area contributed by atoms with Gasteiger partial charge in [0.15, 0.2) is 10.3 Å². The quantitative estimate of drug-likeness (QED) is 0.776. The number of nitrogen functional groups attached to an aromatic ring is 1. The standard InChI is InChI=1S/C8H6ClN5OS/c9-6-7(12-2-1-11-6)16-8-13-4(10)3-5(15)14-8/h1-3H,(H3,10,13,14,15). The van der Waals surface area contributed by atoms with E-state index in [9.17, 15) is 4.79 Å². The van der Waals surface area contributed by atoms with E-state index < -0.39 is 0 Å². The SMILES string of the molecule is Nc1cc(=O)[nH]c(Sc2nccnc2Cl)n1. The van der Waals surface area contributed by atoms with Crippen molar-refractivity contribution in [1.82, 2.24) is 19.9 Å². The summed E-state index contributed by atoms with van der Waals surface area (Å²) < 4.78 is 0. The van der Waals surface area contributed by atoms with E-state index in [1.54, 1.807) is 0 Å². The number of nitrogens with one attached hydrogen (secondary N) is 1. The third-order valence-electron chi connectivity index (χ3n) is 1.56. The molecule has 0 aromatic carbocycles. The van der Waals surface area contributed by atoms with Crippen LogP contribution in [-0.4, -0.2) is 19.9 Å². The molecule has 0 unspecified atom stereocenters. The number of aromatic nitrogens is 4. The highest BCUT2D eigenvalue weighted by Crippen LogP contribution is 2.26. The fraction of sp³-hybridized carbons (Fsp3) is 0. The van der Waals surface area contributed by atoms with Crippen molar-refractivity contribution < 1.29 is 0 Å². The predicted octanol–water partition coefficient (Wildman–Crippen LogP) is 0.947. The lowest BCUT2D eigenvalue weighted by atomic mass is 10.6. The summed E-state index contributed by atoms with van der Waals surface area (Å²) in [5, 5.41) is 1.03. The van der Waals surface area contributed by atoms with Gasteiger partial charge in [0.2, 0.25) is 0 Å². The molecule has 2 aromatic rings. The Hall–Kier alpha value is -1.60. The Kier molecular flexibility index (Phi) is 3.07. The Balaban J connectivity index is 2.34. The molecule has 6 nitrogen and oxygen atoms in total. The molecular formula is C8H6ClN5OS. The normalized spacial score (nSPS) is 10.3. The zero-order chi connectivity index (χ0) is 11.5. The second kappa shape index (κ2) is 4.50. The molecule has 0 bridgehead atoms. The summed E-state index contributed by atoms with van der Waals surface area (Å²) in [6.45, 7) is 0. The molecule has 0 aliphatic heterocycles. The molecule has 2 aromatic heterocycles. The third-order valence-corrected chi connectivity index (χ3v) is 2.82. The van der Waals surface area contributed by atoms with Crippen molar-refractivity contribution in [2.24, 2.45) is 0 Å². The highest BCUT2D eigenvalue weighted by Gasteiger charge is 2.07. The van der Waals surface area contributed by atoms with Crippen LogP contribution in [0.5, 0.6) is 0 Å². The number of aromatic amines is 1. The van der Waals surface area contributed by atoms with Gasteiger partial charge in [0.05, 0.1) is 0 Å². The van der Waals surface area contributed by atoms with Crippen LogP contribution in [0.15, 0.2) is 33.4 Å². The molecule has 0 spiro atoms. The van der Waals surface area contributed by atoms with Crippen LogP contribution in [0, 0.1) is 0 Å². The van der Waals surface area contributed by atoms with Crippen molar-refractivity contribution in [1.29, 1.82) is 0 Å². The number of rotatable bonds is 2. The van der Waals surface area contributed by atoms with Crippen LogP contribution in [0.4, 0.5) is 5.82 Å². The minimum atomic E-state index is -0.324. The Bertz CT molecular complexity index is 572. The highest BCUT2D eigenvalue weighted by molar-refractivity contribution is 7.99. The van der Waals surface area contributed by atoms with Crippen LogP contribution in [-0.2, 0) is 0 Å². The molecule has 8 heteroatoms. The van der Waals surface area contributed by atoms with Crippen molar-refractivity contribution in [3.05, 3.63) is 34.0 Å². The van der Waals surface area contributed by atoms with Gasteiger partial charge in [-0.25, -0.2) is 15.0 Å².